The van der Waals surface area contributed by atoms with Crippen molar-refractivity contribution in [1.82, 2.24) is 15.3 Å². The molecule has 13 heteroatoms. The third-order valence-corrected chi connectivity index (χ3v) is 6.36. The van der Waals surface area contributed by atoms with Crippen LogP contribution in [0.25, 0.3) is 0 Å². The number of nitrogens with zero attached hydrogens (tertiary/aromatic N) is 2. The highest BCUT2D eigenvalue weighted by molar-refractivity contribution is 6.31. The van der Waals surface area contributed by atoms with Crippen LogP contribution in [0, 0.1) is 23.5 Å². The zero-order valence-electron chi connectivity index (χ0n) is 20.4. The zero-order valence-corrected chi connectivity index (χ0v) is 21.2. The van der Waals surface area contributed by atoms with Gasteiger partial charge in [0.05, 0.1) is 17.2 Å². The van der Waals surface area contributed by atoms with E-state index >= 15 is 0 Å². The first-order valence-electron chi connectivity index (χ1n) is 11.6. The number of hydrogen-bond donors (Lipinski definition) is 3. The Kier molecular flexibility index (Phi) is 7.06. The van der Waals surface area contributed by atoms with Gasteiger partial charge in [0.1, 0.15) is 11.6 Å². The summed E-state index contributed by atoms with van der Waals surface area (Å²) in [5, 5.41) is 5.23. The van der Waals surface area contributed by atoms with Gasteiger partial charge in [-0.25, -0.2) is 18.7 Å². The van der Waals surface area contributed by atoms with E-state index in [0.717, 1.165) is 12.1 Å². The summed E-state index contributed by atoms with van der Waals surface area (Å²) in [6, 6.07) is 6.65. The van der Waals surface area contributed by atoms with E-state index in [4.69, 9.17) is 17.3 Å². The Morgan fingerprint density at radius 3 is 2.39 bits per heavy atom. The number of amides is 2. The first-order valence-corrected chi connectivity index (χ1v) is 12.0. The van der Waals surface area contributed by atoms with Gasteiger partial charge >= 0.3 is 6.18 Å². The smallest absolute Gasteiger partial charge is 0.368 e. The van der Waals surface area contributed by atoms with Gasteiger partial charge in [0.25, 0.3) is 11.8 Å². The maximum Gasteiger partial charge on any atom is 0.416 e. The van der Waals surface area contributed by atoms with E-state index in [1.807, 2.05) is 0 Å². The van der Waals surface area contributed by atoms with Crippen LogP contribution in [0.4, 0.5) is 33.6 Å². The van der Waals surface area contributed by atoms with Gasteiger partial charge in [0.15, 0.2) is 0 Å². The average Bonchev–Trinajstić information content (AvgIpc) is 3.25. The van der Waals surface area contributed by atoms with E-state index in [2.05, 4.69) is 32.4 Å². The summed E-state index contributed by atoms with van der Waals surface area (Å²) in [6.45, 7) is 0. The normalized spacial score (nSPS) is 14.1. The van der Waals surface area contributed by atoms with Crippen LogP contribution in [0.1, 0.15) is 54.6 Å². The molecule has 0 spiro atoms. The maximum atomic E-state index is 14.1. The monoisotopic (exact) mass is 583 g/mol. The molecule has 2 heterocycles. The number of nitrogens with two attached hydrogens (primary N) is 1. The van der Waals surface area contributed by atoms with Crippen molar-refractivity contribution in [2.75, 3.05) is 11.1 Å². The zero-order chi connectivity index (χ0) is 29.5. The molecule has 3 aromatic carbocycles. The molecule has 1 aliphatic heterocycles. The van der Waals surface area contributed by atoms with E-state index in [0.29, 0.717) is 17.7 Å². The first kappa shape index (κ1) is 27.5. The molecule has 1 atom stereocenters. The van der Waals surface area contributed by atoms with Crippen molar-refractivity contribution < 1.29 is 31.5 Å². The number of hydrogen-bond acceptors (Lipinski definition) is 5. The van der Waals surface area contributed by atoms with Crippen LogP contribution in [0.5, 0.6) is 0 Å². The number of anilines is 2. The van der Waals surface area contributed by atoms with Gasteiger partial charge in [-0.3, -0.25) is 9.59 Å². The maximum absolute atomic E-state index is 14.1. The third-order valence-electron chi connectivity index (χ3n) is 6.02. The van der Waals surface area contributed by atoms with Crippen LogP contribution in [0.15, 0.2) is 60.9 Å². The van der Waals surface area contributed by atoms with Gasteiger partial charge in [0, 0.05) is 50.9 Å². The van der Waals surface area contributed by atoms with Gasteiger partial charge in [-0.15, -0.1) is 0 Å². The van der Waals surface area contributed by atoms with Crippen molar-refractivity contribution in [3.63, 3.8) is 0 Å². The van der Waals surface area contributed by atoms with Crippen molar-refractivity contribution in [3.8, 4) is 11.8 Å². The van der Waals surface area contributed by atoms with Crippen LogP contribution >= 0.6 is 11.6 Å². The highest BCUT2D eigenvalue weighted by Crippen LogP contribution is 2.40. The number of carbonyl (C=O) groups is 2. The number of fused-ring (bicyclic) bond motifs is 1. The summed E-state index contributed by atoms with van der Waals surface area (Å²) in [7, 11) is 0. The molecule has 4 N–H and O–H groups in total. The summed E-state index contributed by atoms with van der Waals surface area (Å²) >= 11 is 6.29. The number of carbonyl (C=O) groups excluding carboxylic acids is 2. The van der Waals surface area contributed by atoms with Crippen LogP contribution in [0.3, 0.4) is 0 Å². The fourth-order valence-electron chi connectivity index (χ4n) is 4.20. The number of nitrogens with one attached hydrogen (secondary N) is 2. The standard InChI is InChI=1S/C28H15ClF5N5O2/c29-21-4-3-17(30)10-19(21)24-23-20(26(41)39-24)5-13(1-2-14-11-36-27(35)37-12-14)6-22(23)38-25(40)15-7-16(28(32,33)34)9-18(31)8-15/h3-12,24H,(H,38,40)(H,39,41)(H2,35,36,37). The number of aromatic nitrogens is 2. The summed E-state index contributed by atoms with van der Waals surface area (Å²) in [6.07, 6.45) is -2.18. The van der Waals surface area contributed by atoms with Gasteiger partial charge in [-0.1, -0.05) is 23.4 Å². The molecule has 7 nitrogen and oxygen atoms in total. The lowest BCUT2D eigenvalue weighted by Gasteiger charge is -2.18. The molecule has 0 fully saturated rings. The third kappa shape index (κ3) is 5.80. The van der Waals surface area contributed by atoms with Crippen LogP contribution < -0.4 is 16.4 Å². The van der Waals surface area contributed by atoms with Crippen molar-refractivity contribution in [2.45, 2.75) is 12.2 Å². The Hall–Kier alpha value is -5.02. The average molecular weight is 584 g/mol. The summed E-state index contributed by atoms with van der Waals surface area (Å²) in [5.74, 6) is 1.98. The number of halogens is 6. The molecule has 5 rings (SSSR count). The van der Waals surface area contributed by atoms with Gasteiger partial charge in [0.2, 0.25) is 5.95 Å². The van der Waals surface area contributed by atoms with Crippen molar-refractivity contribution in [3.05, 3.63) is 117 Å². The lowest BCUT2D eigenvalue weighted by Crippen LogP contribution is -2.21. The van der Waals surface area contributed by atoms with Gasteiger partial charge in [-0.05, 0) is 48.5 Å². The van der Waals surface area contributed by atoms with E-state index in [1.165, 1.54) is 30.6 Å². The van der Waals surface area contributed by atoms with Crippen molar-refractivity contribution in [2.24, 2.45) is 0 Å². The Bertz CT molecular complexity index is 1780. The second-order valence-corrected chi connectivity index (χ2v) is 9.22. The minimum Gasteiger partial charge on any atom is -0.368 e. The van der Waals surface area contributed by atoms with Crippen molar-refractivity contribution >= 4 is 35.1 Å². The topological polar surface area (TPSA) is 110 Å². The quantitative estimate of drug-likeness (QED) is 0.218. The fourth-order valence-corrected chi connectivity index (χ4v) is 4.43. The Morgan fingerprint density at radius 1 is 0.976 bits per heavy atom. The van der Waals surface area contributed by atoms with E-state index in [9.17, 15) is 31.5 Å². The molecule has 206 valence electrons. The highest BCUT2D eigenvalue weighted by atomic mass is 35.5. The SMILES string of the molecule is Nc1ncc(C#Cc2cc(NC(=O)c3cc(F)cc(C(F)(F)F)c3)c3c(c2)C(=O)NC3c2cc(F)ccc2Cl)cn1. The minimum absolute atomic E-state index is 0.0304. The molecule has 0 aliphatic carbocycles. The summed E-state index contributed by atoms with van der Waals surface area (Å²) in [4.78, 5) is 33.8. The fraction of sp³-hybridized carbons (Fsp3) is 0.0714. The predicted molar refractivity (Wildman–Crippen MR) is 139 cm³/mol. The van der Waals surface area contributed by atoms with Gasteiger partial charge < -0.3 is 16.4 Å². The molecule has 1 aromatic heterocycles. The molecule has 1 unspecified atom stereocenters. The molecule has 2 amide bonds. The minimum atomic E-state index is -4.91. The summed E-state index contributed by atoms with van der Waals surface area (Å²) < 4.78 is 67.9. The number of nitrogen functional groups attached to an aromatic ring is 1. The van der Waals surface area contributed by atoms with Crippen LogP contribution in [-0.2, 0) is 6.18 Å². The number of alkyl halides is 3. The van der Waals surface area contributed by atoms with Crippen LogP contribution in [-0.4, -0.2) is 21.8 Å². The Balaban J connectivity index is 1.63. The Morgan fingerprint density at radius 2 is 1.68 bits per heavy atom. The molecule has 0 saturated carbocycles. The Labute approximate surface area is 233 Å². The van der Waals surface area contributed by atoms with E-state index < -0.39 is 46.8 Å². The molecule has 4 aromatic rings. The van der Waals surface area contributed by atoms with Crippen molar-refractivity contribution in [1.29, 1.82) is 0 Å². The van der Waals surface area contributed by atoms with Gasteiger partial charge in [-0.2, -0.15) is 13.2 Å². The lowest BCUT2D eigenvalue weighted by atomic mass is 9.94. The molecule has 1 aliphatic rings. The molecular formula is C28H15ClF5N5O2. The van der Waals surface area contributed by atoms with Crippen LogP contribution in [0.2, 0.25) is 5.02 Å². The molecule has 0 saturated heterocycles. The number of benzene rings is 3. The molecule has 41 heavy (non-hydrogen) atoms. The highest BCUT2D eigenvalue weighted by Gasteiger charge is 2.35. The summed E-state index contributed by atoms with van der Waals surface area (Å²) in [5.41, 5.74) is 4.39. The van der Waals surface area contributed by atoms with E-state index in [1.54, 1.807) is 0 Å². The molecule has 0 radical (unpaired) electrons. The molecule has 0 bridgehead atoms. The second kappa shape index (κ2) is 10.5. The predicted octanol–water partition coefficient (Wildman–Crippen LogP) is 5.49. The van der Waals surface area contributed by atoms with E-state index in [-0.39, 0.29) is 45.0 Å². The lowest BCUT2D eigenvalue weighted by molar-refractivity contribution is -0.137. The second-order valence-electron chi connectivity index (χ2n) is 8.82. The molecular weight excluding hydrogens is 569 g/mol. The first-order chi connectivity index (χ1) is 19.4. The number of rotatable bonds is 3. The largest absolute Gasteiger partial charge is 0.416 e.